The van der Waals surface area contributed by atoms with Crippen LogP contribution in [0.25, 0.3) is 11.0 Å². The van der Waals surface area contributed by atoms with Crippen molar-refractivity contribution in [1.29, 1.82) is 0 Å². The minimum atomic E-state index is -1.02. The molecule has 0 atom stereocenters. The van der Waals surface area contributed by atoms with Crippen molar-refractivity contribution in [2.45, 2.75) is 31.6 Å². The van der Waals surface area contributed by atoms with Crippen LogP contribution in [-0.2, 0) is 21.4 Å². The molecule has 0 radical (unpaired) electrons. The van der Waals surface area contributed by atoms with Crippen LogP contribution in [0.1, 0.15) is 29.5 Å². The molecule has 2 heterocycles. The molecule has 4 rings (SSSR count). The maximum Gasteiger partial charge on any atom is 0.340 e. The van der Waals surface area contributed by atoms with E-state index >= 15 is 0 Å². The number of phenolic OH excluding ortho intramolecular Hbond substituents is 1. The highest BCUT2D eigenvalue weighted by atomic mass is 16.4. The van der Waals surface area contributed by atoms with Crippen LogP contribution >= 0.6 is 0 Å². The lowest BCUT2D eigenvalue weighted by Crippen LogP contribution is -2.49. The van der Waals surface area contributed by atoms with Crippen LogP contribution in [0.4, 0.5) is 0 Å². The summed E-state index contributed by atoms with van der Waals surface area (Å²) < 4.78 is 5.30. The van der Waals surface area contributed by atoms with Gasteiger partial charge in [-0.1, -0.05) is 30.3 Å². The van der Waals surface area contributed by atoms with E-state index in [0.29, 0.717) is 36.9 Å². The first-order valence-electron chi connectivity index (χ1n) is 10.1. The summed E-state index contributed by atoms with van der Waals surface area (Å²) in [5.41, 5.74) is 0.305. The van der Waals surface area contributed by atoms with Crippen molar-refractivity contribution in [3.8, 4) is 5.75 Å². The van der Waals surface area contributed by atoms with E-state index in [1.54, 1.807) is 17.9 Å². The zero-order valence-corrected chi connectivity index (χ0v) is 17.1. The summed E-state index contributed by atoms with van der Waals surface area (Å²) in [6.07, 6.45) is 0.502. The molecule has 2 aromatic carbocycles. The Morgan fingerprint density at radius 2 is 1.77 bits per heavy atom. The van der Waals surface area contributed by atoms with Crippen LogP contribution in [0.2, 0.25) is 0 Å². The molecule has 7 heteroatoms. The number of hydrogen-bond acceptors (Lipinski definition) is 5. The van der Waals surface area contributed by atoms with Gasteiger partial charge in [0.2, 0.25) is 5.91 Å². The molecule has 1 amide bonds. The molecule has 1 fully saturated rings. The van der Waals surface area contributed by atoms with Gasteiger partial charge in [0.05, 0.1) is 17.4 Å². The zero-order valence-electron chi connectivity index (χ0n) is 17.1. The lowest BCUT2D eigenvalue weighted by Gasteiger charge is -2.39. The number of rotatable bonds is 4. The molecule has 160 valence electrons. The number of aromatic hydroxyl groups is 1. The average Bonchev–Trinajstić information content (AvgIpc) is 2.76. The van der Waals surface area contributed by atoms with E-state index < -0.39 is 17.0 Å². The maximum absolute atomic E-state index is 12.9. The van der Waals surface area contributed by atoms with Crippen molar-refractivity contribution in [2.75, 3.05) is 13.1 Å². The summed E-state index contributed by atoms with van der Waals surface area (Å²) in [6.45, 7) is 2.34. The van der Waals surface area contributed by atoms with Gasteiger partial charge in [0, 0.05) is 24.5 Å². The molecule has 31 heavy (non-hydrogen) atoms. The van der Waals surface area contributed by atoms with Crippen molar-refractivity contribution in [1.82, 2.24) is 4.90 Å². The van der Waals surface area contributed by atoms with Crippen molar-refractivity contribution in [2.24, 2.45) is 0 Å². The number of hydrogen-bond donors (Lipinski definition) is 2. The number of amides is 1. The van der Waals surface area contributed by atoms with Crippen LogP contribution in [0.5, 0.6) is 5.75 Å². The van der Waals surface area contributed by atoms with Crippen LogP contribution in [0, 0.1) is 6.92 Å². The van der Waals surface area contributed by atoms with Gasteiger partial charge < -0.3 is 19.5 Å². The quantitative estimate of drug-likeness (QED) is 0.627. The number of carboxylic acids is 1. The van der Waals surface area contributed by atoms with E-state index in [-0.39, 0.29) is 29.2 Å². The summed E-state index contributed by atoms with van der Waals surface area (Å²) in [7, 11) is 0. The summed E-state index contributed by atoms with van der Waals surface area (Å²) in [4.78, 5) is 39.1. The van der Waals surface area contributed by atoms with Gasteiger partial charge in [-0.15, -0.1) is 0 Å². The second kappa shape index (κ2) is 7.91. The van der Waals surface area contributed by atoms with Gasteiger partial charge in [0.25, 0.3) is 0 Å². The third-order valence-electron chi connectivity index (χ3n) is 6.30. The Balaban J connectivity index is 1.54. The minimum Gasteiger partial charge on any atom is -0.508 e. The van der Waals surface area contributed by atoms with Crippen molar-refractivity contribution in [3.05, 3.63) is 75.6 Å². The number of likely N-dealkylation sites (tertiary alicyclic amines) is 1. The maximum atomic E-state index is 12.9. The smallest absolute Gasteiger partial charge is 0.340 e. The summed E-state index contributed by atoms with van der Waals surface area (Å²) in [5.74, 6) is -1.13. The molecule has 1 saturated heterocycles. The number of carbonyl (C=O) groups excluding carboxylic acids is 1. The number of aliphatic carboxylic acids is 1. The second-order valence-corrected chi connectivity index (χ2v) is 7.98. The minimum absolute atomic E-state index is 0.00692. The number of carbonyl (C=O) groups is 2. The zero-order chi connectivity index (χ0) is 22.2. The predicted molar refractivity (Wildman–Crippen MR) is 114 cm³/mol. The molecule has 1 aromatic heterocycles. The van der Waals surface area contributed by atoms with E-state index in [4.69, 9.17) is 4.42 Å². The van der Waals surface area contributed by atoms with E-state index in [1.807, 2.05) is 30.3 Å². The number of piperidine rings is 1. The molecular weight excluding hydrogens is 398 g/mol. The van der Waals surface area contributed by atoms with Gasteiger partial charge in [-0.2, -0.15) is 0 Å². The van der Waals surface area contributed by atoms with Crippen LogP contribution in [0.15, 0.2) is 57.7 Å². The van der Waals surface area contributed by atoms with Crippen molar-refractivity contribution in [3.63, 3.8) is 0 Å². The monoisotopic (exact) mass is 421 g/mol. The van der Waals surface area contributed by atoms with E-state index in [9.17, 15) is 24.6 Å². The molecule has 1 aliphatic heterocycles. The van der Waals surface area contributed by atoms with Gasteiger partial charge in [-0.05, 0) is 43.0 Å². The molecule has 3 aromatic rings. The highest BCUT2D eigenvalue weighted by molar-refractivity contribution is 5.86. The van der Waals surface area contributed by atoms with Crippen LogP contribution < -0.4 is 5.63 Å². The third-order valence-corrected chi connectivity index (χ3v) is 6.30. The Morgan fingerprint density at radius 3 is 2.42 bits per heavy atom. The lowest BCUT2D eigenvalue weighted by molar-refractivity contribution is -0.148. The summed E-state index contributed by atoms with van der Waals surface area (Å²) in [6, 6.07) is 13.6. The predicted octanol–water partition coefficient (Wildman–Crippen LogP) is 2.99. The van der Waals surface area contributed by atoms with Gasteiger partial charge in [0.15, 0.2) is 0 Å². The molecule has 7 nitrogen and oxygen atoms in total. The lowest BCUT2D eigenvalue weighted by atomic mass is 9.73. The first kappa shape index (κ1) is 20.7. The largest absolute Gasteiger partial charge is 0.508 e. The average molecular weight is 421 g/mol. The molecule has 1 aliphatic rings. The topological polar surface area (TPSA) is 108 Å². The normalized spacial score (nSPS) is 15.7. The molecule has 0 bridgehead atoms. The van der Waals surface area contributed by atoms with Crippen molar-refractivity contribution >= 4 is 22.8 Å². The summed E-state index contributed by atoms with van der Waals surface area (Å²) in [5, 5.41) is 20.2. The fraction of sp³-hybridized carbons (Fsp3) is 0.292. The van der Waals surface area contributed by atoms with Crippen LogP contribution in [0.3, 0.4) is 0 Å². The number of carboxylic acid groups (broad SMARTS) is 1. The second-order valence-electron chi connectivity index (χ2n) is 7.98. The Bertz CT molecular complexity index is 1210. The molecule has 2 N–H and O–H groups in total. The SMILES string of the molecule is Cc1c(CC(=O)N2CCC(C(=O)O)(c3ccccc3)CC2)c(=O)oc2cc(O)ccc12. The van der Waals surface area contributed by atoms with E-state index in [1.165, 1.54) is 12.1 Å². The van der Waals surface area contributed by atoms with E-state index in [0.717, 1.165) is 5.56 Å². The Hall–Kier alpha value is -3.61. The Labute approximate surface area is 178 Å². The Morgan fingerprint density at radius 1 is 1.10 bits per heavy atom. The van der Waals surface area contributed by atoms with Gasteiger partial charge in [0.1, 0.15) is 11.3 Å². The number of nitrogens with zero attached hydrogens (tertiary/aromatic N) is 1. The molecular formula is C24H23NO6. The first-order chi connectivity index (χ1) is 14.8. The third kappa shape index (κ3) is 3.67. The van der Waals surface area contributed by atoms with Crippen LogP contribution in [-0.4, -0.2) is 40.1 Å². The van der Waals surface area contributed by atoms with Gasteiger partial charge in [-0.3, -0.25) is 9.59 Å². The molecule has 0 spiro atoms. The number of phenols is 1. The highest BCUT2D eigenvalue weighted by Gasteiger charge is 2.43. The molecule has 0 saturated carbocycles. The number of aryl methyl sites for hydroxylation is 1. The summed E-state index contributed by atoms with van der Waals surface area (Å²) >= 11 is 0. The van der Waals surface area contributed by atoms with E-state index in [2.05, 4.69) is 0 Å². The van der Waals surface area contributed by atoms with Crippen molar-refractivity contribution < 1.29 is 24.2 Å². The fourth-order valence-corrected chi connectivity index (χ4v) is 4.37. The standard InChI is InChI=1S/C24H23NO6/c1-15-18-8-7-17(26)13-20(18)31-22(28)19(15)14-21(27)25-11-9-24(10-12-25,23(29)30)16-5-3-2-4-6-16/h2-8,13,26H,9-12,14H2,1H3,(H,29,30). The molecule has 0 unspecified atom stereocenters. The first-order valence-corrected chi connectivity index (χ1v) is 10.1. The Kier molecular flexibility index (Phi) is 5.27. The van der Waals surface area contributed by atoms with Gasteiger partial charge in [-0.25, -0.2) is 4.79 Å². The number of benzene rings is 2. The van der Waals surface area contributed by atoms with Gasteiger partial charge >= 0.3 is 11.6 Å². The highest BCUT2D eigenvalue weighted by Crippen LogP contribution is 2.36. The number of fused-ring (bicyclic) bond motifs is 1. The molecule has 0 aliphatic carbocycles. The fourth-order valence-electron chi connectivity index (χ4n) is 4.37.